The lowest BCUT2D eigenvalue weighted by Crippen LogP contribution is -2.24. The van der Waals surface area contributed by atoms with Crippen LogP contribution < -0.4 is 11.0 Å². The predicted octanol–water partition coefficient (Wildman–Crippen LogP) is 2.50. The van der Waals surface area contributed by atoms with E-state index in [0.717, 1.165) is 22.3 Å². The lowest BCUT2D eigenvalue weighted by molar-refractivity contribution is 0.280. The molecule has 0 radical (unpaired) electrons. The first-order chi connectivity index (χ1) is 10.1. The zero-order valence-corrected chi connectivity index (χ0v) is 12.7. The van der Waals surface area contributed by atoms with Crippen LogP contribution in [0, 0.1) is 6.92 Å². The summed E-state index contributed by atoms with van der Waals surface area (Å²) in [6.45, 7) is 6.17. The second-order valence-electron chi connectivity index (χ2n) is 5.22. The lowest BCUT2D eigenvalue weighted by atomic mass is 10.1. The first-order valence-electron chi connectivity index (χ1n) is 7.06. The van der Waals surface area contributed by atoms with E-state index in [4.69, 9.17) is 5.11 Å². The van der Waals surface area contributed by atoms with Crippen molar-refractivity contribution < 1.29 is 5.11 Å². The Balaban J connectivity index is 2.68. The molecule has 0 atom stereocenters. The Bertz CT molecular complexity index is 728. The number of anilines is 1. The number of fused-ring (bicyclic) bond motifs is 1. The molecule has 0 saturated carbocycles. The summed E-state index contributed by atoms with van der Waals surface area (Å²) in [5.74, 6) is 0. The number of aliphatic hydroxyl groups is 1. The number of hydrazone groups is 1. The van der Waals surface area contributed by atoms with Gasteiger partial charge in [0.15, 0.2) is 0 Å². The fourth-order valence-electron chi connectivity index (χ4n) is 2.30. The Morgan fingerprint density at radius 2 is 2.05 bits per heavy atom. The van der Waals surface area contributed by atoms with E-state index in [2.05, 4.69) is 10.5 Å². The molecule has 2 N–H and O–H groups in total. The van der Waals surface area contributed by atoms with E-state index in [1.54, 1.807) is 11.5 Å². The first-order valence-corrected chi connectivity index (χ1v) is 7.06. The molecule has 1 aromatic carbocycles. The molecule has 0 aliphatic heterocycles. The highest BCUT2D eigenvalue weighted by atomic mass is 16.3. The van der Waals surface area contributed by atoms with E-state index in [1.807, 2.05) is 38.1 Å². The largest absolute Gasteiger partial charge is 0.396 e. The van der Waals surface area contributed by atoms with E-state index >= 15 is 0 Å². The van der Waals surface area contributed by atoms with Crippen LogP contribution in [0.5, 0.6) is 0 Å². The van der Waals surface area contributed by atoms with E-state index in [-0.39, 0.29) is 12.2 Å². The van der Waals surface area contributed by atoms with Gasteiger partial charge in [0.2, 0.25) is 0 Å². The van der Waals surface area contributed by atoms with Gasteiger partial charge >= 0.3 is 0 Å². The third kappa shape index (κ3) is 3.13. The van der Waals surface area contributed by atoms with Crippen molar-refractivity contribution in [2.75, 3.05) is 12.0 Å². The van der Waals surface area contributed by atoms with Gasteiger partial charge in [-0.15, -0.1) is 0 Å². The van der Waals surface area contributed by atoms with Gasteiger partial charge < -0.3 is 9.67 Å². The minimum atomic E-state index is -0.0476. The van der Waals surface area contributed by atoms with Crippen molar-refractivity contribution in [3.8, 4) is 0 Å². The number of pyridine rings is 1. The number of hydrogen-bond acceptors (Lipinski definition) is 4. The van der Waals surface area contributed by atoms with Crippen LogP contribution in [0.4, 0.5) is 5.69 Å². The average Bonchev–Trinajstić information content (AvgIpc) is 2.47. The fourth-order valence-corrected chi connectivity index (χ4v) is 2.30. The third-order valence-corrected chi connectivity index (χ3v) is 3.34. The normalized spacial score (nSPS) is 10.7. The molecule has 1 aromatic heterocycles. The van der Waals surface area contributed by atoms with Gasteiger partial charge in [-0.25, -0.2) is 0 Å². The van der Waals surface area contributed by atoms with Crippen LogP contribution in [0.1, 0.15) is 25.8 Å². The fraction of sp³-hybridized carbons (Fsp3) is 0.375. The number of nitrogens with one attached hydrogen (secondary N) is 1. The topological polar surface area (TPSA) is 66.6 Å². The molecule has 0 amide bonds. The Morgan fingerprint density at radius 1 is 1.33 bits per heavy atom. The maximum absolute atomic E-state index is 12.5. The highest BCUT2D eigenvalue weighted by Gasteiger charge is 2.12. The quantitative estimate of drug-likeness (QED) is 0.656. The van der Waals surface area contributed by atoms with Crippen LogP contribution >= 0.6 is 0 Å². The highest BCUT2D eigenvalue weighted by Crippen LogP contribution is 2.25. The second-order valence-corrected chi connectivity index (χ2v) is 5.22. The van der Waals surface area contributed by atoms with Gasteiger partial charge in [0.05, 0.1) is 11.2 Å². The number of benzene rings is 1. The Kier molecular flexibility index (Phi) is 4.75. The molecule has 2 aromatic rings. The summed E-state index contributed by atoms with van der Waals surface area (Å²) in [5, 5.41) is 14.2. The molecule has 0 fully saturated rings. The van der Waals surface area contributed by atoms with Crippen molar-refractivity contribution in [1.29, 1.82) is 0 Å². The Labute approximate surface area is 123 Å². The van der Waals surface area contributed by atoms with Gasteiger partial charge in [0.25, 0.3) is 5.56 Å². The summed E-state index contributed by atoms with van der Waals surface area (Å²) < 4.78 is 1.72. The van der Waals surface area contributed by atoms with Crippen molar-refractivity contribution in [2.24, 2.45) is 5.10 Å². The van der Waals surface area contributed by atoms with Gasteiger partial charge in [-0.3, -0.25) is 10.2 Å². The van der Waals surface area contributed by atoms with Crippen molar-refractivity contribution in [2.45, 2.75) is 33.7 Å². The van der Waals surface area contributed by atoms with Crippen molar-refractivity contribution in [3.05, 3.63) is 40.2 Å². The van der Waals surface area contributed by atoms with Gasteiger partial charge in [0, 0.05) is 29.8 Å². The number of rotatable bonds is 5. The summed E-state index contributed by atoms with van der Waals surface area (Å²) in [6.07, 6.45) is 0.558. The molecule has 0 aliphatic rings. The summed E-state index contributed by atoms with van der Waals surface area (Å²) in [6, 6.07) is 7.74. The Hall–Kier alpha value is -2.14. The summed E-state index contributed by atoms with van der Waals surface area (Å²) in [4.78, 5) is 12.5. The number of aliphatic hydroxyl groups excluding tert-OH is 1. The second kappa shape index (κ2) is 6.54. The Morgan fingerprint density at radius 3 is 2.71 bits per heavy atom. The smallest absolute Gasteiger partial charge is 0.256 e. The van der Waals surface area contributed by atoms with Gasteiger partial charge in [0.1, 0.15) is 0 Å². The standard InChI is InChI=1S/C16H21N3O2/c1-11(2)17-18-15-12(3)16(21)19(9-6-10-20)14-8-5-4-7-13(14)15/h4-5,7-8,18,20H,6,9-10H2,1-3H3. The summed E-state index contributed by atoms with van der Waals surface area (Å²) in [5.41, 5.74) is 6.09. The van der Waals surface area contributed by atoms with Gasteiger partial charge in [-0.2, -0.15) is 5.10 Å². The number of nitrogens with zero attached hydrogens (tertiary/aromatic N) is 2. The minimum absolute atomic E-state index is 0.0476. The molecular weight excluding hydrogens is 266 g/mol. The summed E-state index contributed by atoms with van der Waals surface area (Å²) in [7, 11) is 0. The average molecular weight is 287 g/mol. The number of para-hydroxylation sites is 1. The van der Waals surface area contributed by atoms with Gasteiger partial charge in [-0.1, -0.05) is 18.2 Å². The number of aryl methyl sites for hydroxylation is 1. The minimum Gasteiger partial charge on any atom is -0.396 e. The van der Waals surface area contributed by atoms with Crippen LogP contribution in [0.15, 0.2) is 34.2 Å². The highest BCUT2D eigenvalue weighted by molar-refractivity contribution is 5.93. The lowest BCUT2D eigenvalue weighted by Gasteiger charge is -2.15. The van der Waals surface area contributed by atoms with Crippen molar-refractivity contribution in [3.63, 3.8) is 0 Å². The van der Waals surface area contributed by atoms with Crippen LogP contribution in [-0.4, -0.2) is 22.0 Å². The van der Waals surface area contributed by atoms with E-state index in [9.17, 15) is 4.79 Å². The maximum Gasteiger partial charge on any atom is 0.256 e. The first kappa shape index (κ1) is 15.3. The van der Waals surface area contributed by atoms with Crippen LogP contribution in [-0.2, 0) is 6.54 Å². The van der Waals surface area contributed by atoms with Crippen molar-refractivity contribution in [1.82, 2.24) is 4.57 Å². The molecule has 5 heteroatoms. The third-order valence-electron chi connectivity index (χ3n) is 3.34. The summed E-state index contributed by atoms with van der Waals surface area (Å²) >= 11 is 0. The SMILES string of the molecule is CC(C)=NNc1c(C)c(=O)n(CCCO)c2ccccc12. The predicted molar refractivity (Wildman–Crippen MR) is 87.1 cm³/mol. The molecule has 1 heterocycles. The van der Waals surface area contributed by atoms with Crippen molar-refractivity contribution >= 4 is 22.3 Å². The van der Waals surface area contributed by atoms with Crippen LogP contribution in [0.25, 0.3) is 10.9 Å². The molecule has 2 rings (SSSR count). The molecule has 0 unspecified atom stereocenters. The molecule has 0 bridgehead atoms. The van der Waals surface area contributed by atoms with Gasteiger partial charge in [-0.05, 0) is 33.3 Å². The van der Waals surface area contributed by atoms with E-state index in [0.29, 0.717) is 18.5 Å². The zero-order valence-electron chi connectivity index (χ0n) is 12.7. The molecule has 0 saturated heterocycles. The molecule has 5 nitrogen and oxygen atoms in total. The van der Waals surface area contributed by atoms with E-state index in [1.165, 1.54) is 0 Å². The molecule has 112 valence electrons. The zero-order chi connectivity index (χ0) is 15.4. The monoisotopic (exact) mass is 287 g/mol. The van der Waals surface area contributed by atoms with Crippen LogP contribution in [0.3, 0.4) is 0 Å². The molecular formula is C16H21N3O2. The maximum atomic E-state index is 12.5. The van der Waals surface area contributed by atoms with Crippen LogP contribution in [0.2, 0.25) is 0 Å². The molecule has 21 heavy (non-hydrogen) atoms. The number of hydrogen-bond donors (Lipinski definition) is 2. The van der Waals surface area contributed by atoms with E-state index < -0.39 is 0 Å². The number of aromatic nitrogens is 1. The molecule has 0 spiro atoms. The molecule has 0 aliphatic carbocycles.